The van der Waals surface area contributed by atoms with Gasteiger partial charge in [0, 0.05) is 12.1 Å². The summed E-state index contributed by atoms with van der Waals surface area (Å²) >= 11 is 0. The quantitative estimate of drug-likeness (QED) is 0.301. The van der Waals surface area contributed by atoms with Crippen molar-refractivity contribution in [1.82, 2.24) is 5.32 Å². The molecule has 2 aromatic carbocycles. The molecule has 0 aliphatic carbocycles. The number of phenols is 1. The van der Waals surface area contributed by atoms with Crippen LogP contribution in [0.3, 0.4) is 0 Å². The lowest BCUT2D eigenvalue weighted by Crippen LogP contribution is -2.25. The molecule has 0 unspecified atom stereocenters. The fraction of sp³-hybridized carbons (Fsp3) is 0.519. The van der Waals surface area contributed by atoms with Gasteiger partial charge in [-0.15, -0.1) is 0 Å². The molecule has 0 aliphatic heterocycles. The molecule has 2 rings (SSSR count). The predicted molar refractivity (Wildman–Crippen MR) is 130 cm³/mol. The van der Waals surface area contributed by atoms with E-state index in [2.05, 4.69) is 19.2 Å². The first kappa shape index (κ1) is 25.6. The minimum atomic E-state index is -0.130. The molecule has 0 aliphatic rings. The Kier molecular flexibility index (Phi) is 12.1. The fourth-order valence-electron chi connectivity index (χ4n) is 3.39. The van der Waals surface area contributed by atoms with Gasteiger partial charge < -0.3 is 19.9 Å². The molecule has 0 spiro atoms. The monoisotopic (exact) mass is 441 g/mol. The molecule has 0 saturated carbocycles. The third-order valence-corrected chi connectivity index (χ3v) is 5.35. The normalized spacial score (nSPS) is 10.7. The third-order valence-electron chi connectivity index (χ3n) is 5.35. The first-order chi connectivity index (χ1) is 15.6. The Morgan fingerprint density at radius 2 is 1.44 bits per heavy atom. The highest BCUT2D eigenvalue weighted by Gasteiger charge is 2.12. The van der Waals surface area contributed by atoms with Crippen LogP contribution >= 0.6 is 0 Å². The van der Waals surface area contributed by atoms with E-state index in [1.54, 1.807) is 24.3 Å². The number of rotatable bonds is 16. The Hall–Kier alpha value is -2.69. The van der Waals surface area contributed by atoms with Gasteiger partial charge in [-0.25, -0.2) is 0 Å². The molecule has 0 atom stereocenters. The van der Waals surface area contributed by atoms with Crippen LogP contribution in [0, 0.1) is 0 Å². The summed E-state index contributed by atoms with van der Waals surface area (Å²) in [5.74, 6) is 1.46. The molecule has 0 aromatic heterocycles. The highest BCUT2D eigenvalue weighted by Crippen LogP contribution is 2.29. The number of aromatic hydroxyl groups is 1. The number of benzene rings is 2. The Morgan fingerprint density at radius 3 is 2.06 bits per heavy atom. The summed E-state index contributed by atoms with van der Waals surface area (Å²) in [5.41, 5.74) is 1.63. The van der Waals surface area contributed by atoms with Crippen LogP contribution in [0.5, 0.6) is 17.2 Å². The minimum absolute atomic E-state index is 0.130. The maximum absolute atomic E-state index is 12.7. The lowest BCUT2D eigenvalue weighted by Gasteiger charge is -2.14. The van der Waals surface area contributed by atoms with E-state index in [4.69, 9.17) is 9.47 Å². The Morgan fingerprint density at radius 1 is 0.812 bits per heavy atom. The smallest absolute Gasteiger partial charge is 0.251 e. The Balaban J connectivity index is 1.93. The summed E-state index contributed by atoms with van der Waals surface area (Å²) in [6.07, 6.45) is 9.81. The van der Waals surface area contributed by atoms with Crippen LogP contribution < -0.4 is 14.8 Å². The molecule has 1 amide bonds. The number of unbranched alkanes of at least 4 members (excludes halogenated alkanes) is 6. The van der Waals surface area contributed by atoms with Crippen LogP contribution in [0.4, 0.5) is 0 Å². The minimum Gasteiger partial charge on any atom is -0.508 e. The van der Waals surface area contributed by atoms with Gasteiger partial charge in [0.15, 0.2) is 11.5 Å². The standard InChI is InChI=1S/C27H39NO4/c1-3-5-7-9-19-31-25-16-13-23(21-26(25)32-20-10-8-6-4-2)27(30)28-18-17-22-11-14-24(29)15-12-22/h11-16,21,29H,3-10,17-20H2,1-2H3,(H,28,30). The molecule has 5 nitrogen and oxygen atoms in total. The summed E-state index contributed by atoms with van der Waals surface area (Å²) in [7, 11) is 0. The molecule has 2 N–H and O–H groups in total. The second-order valence-electron chi connectivity index (χ2n) is 8.15. The van der Waals surface area contributed by atoms with Gasteiger partial charge in [0.2, 0.25) is 0 Å². The number of ether oxygens (including phenoxy) is 2. The molecule has 32 heavy (non-hydrogen) atoms. The Bertz CT molecular complexity index is 789. The molecule has 0 fully saturated rings. The van der Waals surface area contributed by atoms with Crippen LogP contribution in [-0.2, 0) is 6.42 Å². The van der Waals surface area contributed by atoms with Crippen molar-refractivity contribution < 1.29 is 19.4 Å². The molecular weight excluding hydrogens is 402 g/mol. The molecule has 2 aromatic rings. The molecule has 176 valence electrons. The summed E-state index contributed by atoms with van der Waals surface area (Å²) in [6.45, 7) is 6.18. The van der Waals surface area contributed by atoms with Gasteiger partial charge in [-0.05, 0) is 55.2 Å². The average Bonchev–Trinajstić information content (AvgIpc) is 2.80. The molecule has 5 heteroatoms. The van der Waals surface area contributed by atoms with Crippen LogP contribution in [0.1, 0.15) is 81.1 Å². The van der Waals surface area contributed by atoms with E-state index in [9.17, 15) is 9.90 Å². The van der Waals surface area contributed by atoms with Crippen LogP contribution in [0.25, 0.3) is 0 Å². The van der Waals surface area contributed by atoms with E-state index in [1.807, 2.05) is 18.2 Å². The zero-order chi connectivity index (χ0) is 23.0. The number of phenolic OH excluding ortho intramolecular Hbond substituents is 1. The molecular formula is C27H39NO4. The number of carbonyl (C=O) groups excluding carboxylic acids is 1. The maximum atomic E-state index is 12.7. The van der Waals surface area contributed by atoms with Gasteiger partial charge >= 0.3 is 0 Å². The first-order valence-corrected chi connectivity index (χ1v) is 12.1. The van der Waals surface area contributed by atoms with E-state index in [0.29, 0.717) is 43.2 Å². The summed E-state index contributed by atoms with van der Waals surface area (Å²) < 4.78 is 12.0. The van der Waals surface area contributed by atoms with Crippen molar-refractivity contribution in [3.05, 3.63) is 53.6 Å². The van der Waals surface area contributed by atoms with Gasteiger partial charge in [0.25, 0.3) is 5.91 Å². The van der Waals surface area contributed by atoms with Gasteiger partial charge in [0.05, 0.1) is 13.2 Å². The zero-order valence-electron chi connectivity index (χ0n) is 19.7. The van der Waals surface area contributed by atoms with Crippen LogP contribution in [-0.4, -0.2) is 30.8 Å². The van der Waals surface area contributed by atoms with Crippen molar-refractivity contribution in [2.75, 3.05) is 19.8 Å². The van der Waals surface area contributed by atoms with Gasteiger partial charge in [-0.1, -0.05) is 64.5 Å². The first-order valence-electron chi connectivity index (χ1n) is 12.1. The maximum Gasteiger partial charge on any atom is 0.251 e. The summed E-state index contributed by atoms with van der Waals surface area (Å²) in [5, 5.41) is 12.3. The van der Waals surface area contributed by atoms with E-state index in [1.165, 1.54) is 25.7 Å². The topological polar surface area (TPSA) is 67.8 Å². The number of nitrogens with one attached hydrogen (secondary N) is 1. The molecule has 0 radical (unpaired) electrons. The third kappa shape index (κ3) is 9.63. The van der Waals surface area contributed by atoms with Crippen molar-refractivity contribution in [2.24, 2.45) is 0 Å². The highest BCUT2D eigenvalue weighted by molar-refractivity contribution is 5.94. The lowest BCUT2D eigenvalue weighted by atomic mass is 10.1. The largest absolute Gasteiger partial charge is 0.508 e. The van der Waals surface area contributed by atoms with E-state index in [-0.39, 0.29) is 11.7 Å². The summed E-state index contributed by atoms with van der Waals surface area (Å²) in [6, 6.07) is 12.5. The van der Waals surface area contributed by atoms with Crippen molar-refractivity contribution in [1.29, 1.82) is 0 Å². The van der Waals surface area contributed by atoms with Crippen LogP contribution in [0.2, 0.25) is 0 Å². The zero-order valence-corrected chi connectivity index (χ0v) is 19.7. The molecule has 0 heterocycles. The van der Waals surface area contributed by atoms with Crippen molar-refractivity contribution >= 4 is 5.91 Å². The SMILES string of the molecule is CCCCCCOc1ccc(C(=O)NCCc2ccc(O)cc2)cc1OCCCCCC. The number of hydrogen-bond donors (Lipinski definition) is 2. The van der Waals surface area contributed by atoms with Crippen LogP contribution in [0.15, 0.2) is 42.5 Å². The number of amides is 1. The van der Waals surface area contributed by atoms with Crippen molar-refractivity contribution in [3.63, 3.8) is 0 Å². The second-order valence-corrected chi connectivity index (χ2v) is 8.15. The second kappa shape index (κ2) is 15.2. The fourth-order valence-corrected chi connectivity index (χ4v) is 3.39. The molecule has 0 saturated heterocycles. The van der Waals surface area contributed by atoms with Gasteiger partial charge in [-0.3, -0.25) is 4.79 Å². The number of carbonyl (C=O) groups is 1. The summed E-state index contributed by atoms with van der Waals surface area (Å²) in [4.78, 5) is 12.7. The lowest BCUT2D eigenvalue weighted by molar-refractivity contribution is 0.0953. The van der Waals surface area contributed by atoms with Gasteiger partial charge in [0.1, 0.15) is 5.75 Å². The number of hydrogen-bond acceptors (Lipinski definition) is 4. The van der Waals surface area contributed by atoms with E-state index < -0.39 is 0 Å². The van der Waals surface area contributed by atoms with Gasteiger partial charge in [-0.2, -0.15) is 0 Å². The van der Waals surface area contributed by atoms with Crippen molar-refractivity contribution in [2.45, 2.75) is 71.6 Å². The predicted octanol–water partition coefficient (Wildman–Crippen LogP) is 6.28. The van der Waals surface area contributed by atoms with Crippen molar-refractivity contribution in [3.8, 4) is 17.2 Å². The molecule has 0 bridgehead atoms. The highest BCUT2D eigenvalue weighted by atomic mass is 16.5. The van der Waals surface area contributed by atoms with E-state index in [0.717, 1.165) is 31.2 Å². The Labute approximate surface area is 193 Å². The van der Waals surface area contributed by atoms with E-state index >= 15 is 0 Å². The average molecular weight is 442 g/mol.